The van der Waals surface area contributed by atoms with Crippen LogP contribution in [0.2, 0.25) is 0 Å². The van der Waals surface area contributed by atoms with Crippen molar-refractivity contribution in [2.45, 2.75) is 43.7 Å². The minimum atomic E-state index is 0.00868. The largest absolute Gasteiger partial charge is 0.376 e. The molecule has 1 atom stereocenters. The SMILES string of the molecule is C=CC(NC)C1(OC)CCCCC1. The van der Waals surface area contributed by atoms with Crippen molar-refractivity contribution in [2.75, 3.05) is 14.2 Å². The lowest BCUT2D eigenvalue weighted by atomic mass is 9.79. The zero-order chi connectivity index (χ0) is 9.73. The van der Waals surface area contributed by atoms with Crippen LogP contribution in [-0.2, 0) is 4.74 Å². The average Bonchev–Trinajstić information content (AvgIpc) is 2.21. The minimum Gasteiger partial charge on any atom is -0.376 e. The van der Waals surface area contributed by atoms with Crippen LogP contribution in [0.15, 0.2) is 12.7 Å². The zero-order valence-electron chi connectivity index (χ0n) is 8.81. The van der Waals surface area contributed by atoms with Crippen LogP contribution in [0.4, 0.5) is 0 Å². The second kappa shape index (κ2) is 4.77. The Morgan fingerprint density at radius 2 is 2.00 bits per heavy atom. The highest BCUT2D eigenvalue weighted by Gasteiger charge is 2.37. The summed E-state index contributed by atoms with van der Waals surface area (Å²) in [5, 5.41) is 3.27. The number of rotatable bonds is 4. The van der Waals surface area contributed by atoms with Crippen LogP contribution in [0.1, 0.15) is 32.1 Å². The van der Waals surface area contributed by atoms with Crippen LogP contribution in [0.3, 0.4) is 0 Å². The quantitative estimate of drug-likeness (QED) is 0.674. The van der Waals surface area contributed by atoms with Gasteiger partial charge in [0.25, 0.3) is 0 Å². The van der Waals surface area contributed by atoms with Gasteiger partial charge < -0.3 is 10.1 Å². The molecule has 2 nitrogen and oxygen atoms in total. The van der Waals surface area contributed by atoms with Crippen molar-refractivity contribution >= 4 is 0 Å². The first kappa shape index (κ1) is 10.7. The van der Waals surface area contributed by atoms with E-state index in [2.05, 4.69) is 11.9 Å². The van der Waals surface area contributed by atoms with Crippen molar-refractivity contribution in [1.29, 1.82) is 0 Å². The predicted molar refractivity (Wildman–Crippen MR) is 55.9 cm³/mol. The van der Waals surface area contributed by atoms with E-state index in [4.69, 9.17) is 4.74 Å². The number of methoxy groups -OCH3 is 1. The molecule has 0 aliphatic heterocycles. The van der Waals surface area contributed by atoms with E-state index in [1.54, 1.807) is 0 Å². The summed E-state index contributed by atoms with van der Waals surface area (Å²) >= 11 is 0. The van der Waals surface area contributed by atoms with Gasteiger partial charge >= 0.3 is 0 Å². The third-order valence-electron chi connectivity index (χ3n) is 3.22. The average molecular weight is 183 g/mol. The third-order valence-corrected chi connectivity index (χ3v) is 3.22. The molecule has 0 aromatic carbocycles. The summed E-state index contributed by atoms with van der Waals surface area (Å²) in [6.07, 6.45) is 8.18. The standard InChI is InChI=1S/C11H21NO/c1-4-10(12-2)11(13-3)8-6-5-7-9-11/h4,10,12H,1,5-9H2,2-3H3. The van der Waals surface area contributed by atoms with Crippen molar-refractivity contribution in [3.63, 3.8) is 0 Å². The van der Waals surface area contributed by atoms with Gasteiger partial charge in [0.15, 0.2) is 0 Å². The van der Waals surface area contributed by atoms with Crippen LogP contribution >= 0.6 is 0 Å². The van der Waals surface area contributed by atoms with Gasteiger partial charge in [0, 0.05) is 7.11 Å². The molecule has 76 valence electrons. The van der Waals surface area contributed by atoms with Crippen molar-refractivity contribution in [3.05, 3.63) is 12.7 Å². The van der Waals surface area contributed by atoms with E-state index in [1.165, 1.54) is 19.3 Å². The highest BCUT2D eigenvalue weighted by molar-refractivity contribution is 5.03. The Balaban J connectivity index is 2.70. The zero-order valence-corrected chi connectivity index (χ0v) is 8.81. The van der Waals surface area contributed by atoms with Crippen molar-refractivity contribution < 1.29 is 4.74 Å². The summed E-state index contributed by atoms with van der Waals surface area (Å²) in [5.41, 5.74) is 0.00868. The minimum absolute atomic E-state index is 0.00868. The van der Waals surface area contributed by atoms with Gasteiger partial charge in [0.05, 0.1) is 11.6 Å². The van der Waals surface area contributed by atoms with Crippen molar-refractivity contribution in [2.24, 2.45) is 0 Å². The first-order chi connectivity index (χ1) is 6.29. The Kier molecular flexibility index (Phi) is 3.94. The van der Waals surface area contributed by atoms with Gasteiger partial charge in [-0.3, -0.25) is 0 Å². The number of hydrogen-bond donors (Lipinski definition) is 1. The number of hydrogen-bond acceptors (Lipinski definition) is 2. The van der Waals surface area contributed by atoms with E-state index in [0.29, 0.717) is 0 Å². The molecule has 13 heavy (non-hydrogen) atoms. The Bertz CT molecular complexity index is 161. The molecular weight excluding hydrogens is 162 g/mol. The second-order valence-electron chi connectivity index (χ2n) is 3.83. The molecule has 1 saturated carbocycles. The number of nitrogens with one attached hydrogen (secondary N) is 1. The van der Waals surface area contributed by atoms with E-state index in [-0.39, 0.29) is 11.6 Å². The summed E-state index contributed by atoms with van der Waals surface area (Å²) in [4.78, 5) is 0. The molecule has 1 aliphatic rings. The maximum absolute atomic E-state index is 5.69. The Labute approximate surface area is 81.4 Å². The van der Waals surface area contributed by atoms with Crippen LogP contribution in [0.5, 0.6) is 0 Å². The molecular formula is C11H21NO. The molecule has 0 saturated heterocycles. The molecule has 1 fully saturated rings. The van der Waals surface area contributed by atoms with Gasteiger partial charge in [-0.05, 0) is 19.9 Å². The molecule has 0 aromatic rings. The summed E-state index contributed by atoms with van der Waals surface area (Å²) in [6, 6.07) is 0.290. The second-order valence-corrected chi connectivity index (χ2v) is 3.83. The summed E-state index contributed by atoms with van der Waals surface area (Å²) < 4.78 is 5.69. The van der Waals surface area contributed by atoms with Gasteiger partial charge in [-0.1, -0.05) is 25.3 Å². The van der Waals surface area contributed by atoms with Crippen LogP contribution in [0, 0.1) is 0 Å². The normalized spacial score (nSPS) is 23.8. The molecule has 1 aliphatic carbocycles. The van der Waals surface area contributed by atoms with E-state index in [1.807, 2.05) is 20.2 Å². The lowest BCUT2D eigenvalue weighted by Crippen LogP contribution is -2.50. The topological polar surface area (TPSA) is 21.3 Å². The van der Waals surface area contributed by atoms with Gasteiger partial charge in [-0.2, -0.15) is 0 Å². The lowest BCUT2D eigenvalue weighted by molar-refractivity contribution is -0.0544. The molecule has 2 heteroatoms. The Morgan fingerprint density at radius 1 is 1.38 bits per heavy atom. The monoisotopic (exact) mass is 183 g/mol. The Hall–Kier alpha value is -0.340. The molecule has 1 rings (SSSR count). The maximum Gasteiger partial charge on any atom is 0.0866 e. The van der Waals surface area contributed by atoms with Gasteiger partial charge in [0.1, 0.15) is 0 Å². The number of likely N-dealkylation sites (N-methyl/N-ethyl adjacent to an activating group) is 1. The molecule has 0 radical (unpaired) electrons. The van der Waals surface area contributed by atoms with Crippen LogP contribution < -0.4 is 5.32 Å². The first-order valence-electron chi connectivity index (χ1n) is 5.14. The Morgan fingerprint density at radius 3 is 2.38 bits per heavy atom. The van der Waals surface area contributed by atoms with Crippen LogP contribution in [0.25, 0.3) is 0 Å². The number of ether oxygens (including phenoxy) is 1. The molecule has 1 N–H and O–H groups in total. The highest BCUT2D eigenvalue weighted by atomic mass is 16.5. The molecule has 0 bridgehead atoms. The molecule has 0 spiro atoms. The fraction of sp³-hybridized carbons (Fsp3) is 0.818. The highest BCUT2D eigenvalue weighted by Crippen LogP contribution is 2.34. The van der Waals surface area contributed by atoms with Gasteiger partial charge in [-0.25, -0.2) is 0 Å². The summed E-state index contributed by atoms with van der Waals surface area (Å²) in [5.74, 6) is 0. The molecule has 0 aromatic heterocycles. The lowest BCUT2D eigenvalue weighted by Gasteiger charge is -2.41. The third kappa shape index (κ3) is 2.12. The van der Waals surface area contributed by atoms with Gasteiger partial charge in [-0.15, -0.1) is 6.58 Å². The summed E-state index contributed by atoms with van der Waals surface area (Å²) in [7, 11) is 3.79. The van der Waals surface area contributed by atoms with Crippen molar-refractivity contribution in [3.8, 4) is 0 Å². The molecule has 1 unspecified atom stereocenters. The smallest absolute Gasteiger partial charge is 0.0866 e. The van der Waals surface area contributed by atoms with E-state index in [0.717, 1.165) is 12.8 Å². The van der Waals surface area contributed by atoms with E-state index >= 15 is 0 Å². The fourth-order valence-electron chi connectivity index (χ4n) is 2.39. The predicted octanol–water partition coefficient (Wildman–Crippen LogP) is 2.11. The fourth-order valence-corrected chi connectivity index (χ4v) is 2.39. The van der Waals surface area contributed by atoms with Crippen molar-refractivity contribution in [1.82, 2.24) is 5.32 Å². The van der Waals surface area contributed by atoms with E-state index < -0.39 is 0 Å². The maximum atomic E-state index is 5.69. The molecule has 0 heterocycles. The van der Waals surface area contributed by atoms with E-state index in [9.17, 15) is 0 Å². The summed E-state index contributed by atoms with van der Waals surface area (Å²) in [6.45, 7) is 3.86. The first-order valence-corrected chi connectivity index (χ1v) is 5.14. The van der Waals surface area contributed by atoms with Gasteiger partial charge in [0.2, 0.25) is 0 Å². The van der Waals surface area contributed by atoms with Crippen LogP contribution in [-0.4, -0.2) is 25.8 Å². The molecule has 0 amide bonds.